The van der Waals surface area contributed by atoms with Gasteiger partial charge in [0.2, 0.25) is 0 Å². The maximum atomic E-state index is 9.64. The van der Waals surface area contributed by atoms with Gasteiger partial charge in [0.1, 0.15) is 0 Å². The Balaban J connectivity index is 2.48. The minimum absolute atomic E-state index is 0.0693. The summed E-state index contributed by atoms with van der Waals surface area (Å²) in [5.74, 6) is 0. The number of likely N-dealkylation sites (N-methyl/N-ethyl adjacent to an activating group) is 1. The van der Waals surface area contributed by atoms with Crippen LogP contribution in [0.5, 0.6) is 0 Å². The van der Waals surface area contributed by atoms with E-state index in [1.807, 2.05) is 0 Å². The van der Waals surface area contributed by atoms with Crippen molar-refractivity contribution >= 4 is 0 Å². The third-order valence-electron chi connectivity index (χ3n) is 3.75. The molecule has 0 bridgehead atoms. The molecular formula is C13H28N2O2. The van der Waals surface area contributed by atoms with E-state index >= 15 is 0 Å². The van der Waals surface area contributed by atoms with Gasteiger partial charge in [-0.15, -0.1) is 0 Å². The predicted octanol–water partition coefficient (Wildman–Crippen LogP) is 0.846. The lowest BCUT2D eigenvalue weighted by Crippen LogP contribution is -2.50. The molecule has 0 saturated heterocycles. The van der Waals surface area contributed by atoms with Crippen molar-refractivity contribution in [1.29, 1.82) is 0 Å². The molecule has 1 fully saturated rings. The second kappa shape index (κ2) is 6.69. The highest BCUT2D eigenvalue weighted by Crippen LogP contribution is 2.32. The number of nitrogens with zero attached hydrogens (tertiary/aromatic N) is 1. The van der Waals surface area contributed by atoms with E-state index in [1.165, 1.54) is 0 Å². The van der Waals surface area contributed by atoms with Crippen molar-refractivity contribution in [3.8, 4) is 0 Å². The Kier molecular flexibility index (Phi) is 5.86. The fraction of sp³-hybridized carbons (Fsp3) is 1.00. The highest BCUT2D eigenvalue weighted by Gasteiger charge is 2.40. The molecule has 1 aliphatic rings. The van der Waals surface area contributed by atoms with Crippen LogP contribution >= 0.6 is 0 Å². The van der Waals surface area contributed by atoms with Gasteiger partial charge in [-0.3, -0.25) is 0 Å². The van der Waals surface area contributed by atoms with Gasteiger partial charge >= 0.3 is 0 Å². The molecule has 0 aromatic rings. The van der Waals surface area contributed by atoms with Gasteiger partial charge in [-0.1, -0.05) is 13.8 Å². The van der Waals surface area contributed by atoms with Crippen LogP contribution in [0.4, 0.5) is 0 Å². The molecule has 0 amide bonds. The Morgan fingerprint density at radius 3 is 2.76 bits per heavy atom. The number of hydrogen-bond donors (Lipinski definition) is 2. The molecule has 0 aromatic carbocycles. The maximum absolute atomic E-state index is 9.64. The average Bonchev–Trinajstić information content (AvgIpc) is 2.70. The molecule has 1 rings (SSSR count). The van der Waals surface area contributed by atoms with Crippen molar-refractivity contribution in [3.05, 3.63) is 0 Å². The summed E-state index contributed by atoms with van der Waals surface area (Å²) in [7, 11) is 3.88. The maximum Gasteiger partial charge on any atom is 0.0614 e. The van der Waals surface area contributed by atoms with Gasteiger partial charge in [-0.25, -0.2) is 0 Å². The third-order valence-corrected chi connectivity index (χ3v) is 3.75. The van der Waals surface area contributed by atoms with E-state index in [2.05, 4.69) is 31.1 Å². The minimum Gasteiger partial charge on any atom is -0.394 e. The van der Waals surface area contributed by atoms with Crippen molar-refractivity contribution in [2.75, 3.05) is 33.9 Å². The van der Waals surface area contributed by atoms with Crippen molar-refractivity contribution in [1.82, 2.24) is 10.2 Å². The molecule has 102 valence electrons. The molecule has 2 N–H and O–H groups in total. The second-order valence-electron chi connectivity index (χ2n) is 5.61. The monoisotopic (exact) mass is 244 g/mol. The Morgan fingerprint density at radius 1 is 1.53 bits per heavy atom. The van der Waals surface area contributed by atoms with Crippen LogP contribution in [0.1, 0.15) is 33.1 Å². The van der Waals surface area contributed by atoms with Crippen molar-refractivity contribution < 1.29 is 9.84 Å². The van der Waals surface area contributed by atoms with Crippen LogP contribution in [0.15, 0.2) is 0 Å². The summed E-state index contributed by atoms with van der Waals surface area (Å²) in [6, 6.07) is 0.980. The number of aliphatic hydroxyl groups is 1. The molecule has 4 heteroatoms. The fourth-order valence-corrected chi connectivity index (χ4v) is 2.82. The first-order chi connectivity index (χ1) is 8.03. The van der Waals surface area contributed by atoms with Crippen molar-refractivity contribution in [2.45, 2.75) is 50.7 Å². The second-order valence-corrected chi connectivity index (χ2v) is 5.61. The largest absolute Gasteiger partial charge is 0.394 e. The molecular weight excluding hydrogens is 216 g/mol. The van der Waals surface area contributed by atoms with E-state index in [9.17, 15) is 5.11 Å². The summed E-state index contributed by atoms with van der Waals surface area (Å²) >= 11 is 0. The Bertz CT molecular complexity index is 223. The zero-order valence-corrected chi connectivity index (χ0v) is 11.7. The lowest BCUT2D eigenvalue weighted by molar-refractivity contribution is 0.122. The molecule has 2 atom stereocenters. The number of aliphatic hydroxyl groups excluding tert-OH is 1. The fourth-order valence-electron chi connectivity index (χ4n) is 2.82. The molecule has 0 aliphatic heterocycles. The van der Waals surface area contributed by atoms with Crippen molar-refractivity contribution in [2.24, 2.45) is 0 Å². The highest BCUT2D eigenvalue weighted by molar-refractivity contribution is 4.99. The molecule has 1 saturated carbocycles. The SMILES string of the molecule is COCCN(C)C1CCC(CO)(NC(C)C)C1. The normalized spacial score (nSPS) is 29.5. The summed E-state index contributed by atoms with van der Waals surface area (Å²) in [5.41, 5.74) is -0.0693. The summed E-state index contributed by atoms with van der Waals surface area (Å²) in [6.45, 7) is 6.25. The van der Waals surface area contributed by atoms with E-state index in [4.69, 9.17) is 4.74 Å². The number of nitrogens with one attached hydrogen (secondary N) is 1. The van der Waals surface area contributed by atoms with Crippen LogP contribution in [0.2, 0.25) is 0 Å². The summed E-state index contributed by atoms with van der Waals surface area (Å²) in [5, 5.41) is 13.2. The van der Waals surface area contributed by atoms with E-state index < -0.39 is 0 Å². The zero-order chi connectivity index (χ0) is 12.9. The summed E-state index contributed by atoms with van der Waals surface area (Å²) < 4.78 is 5.11. The highest BCUT2D eigenvalue weighted by atomic mass is 16.5. The average molecular weight is 244 g/mol. The van der Waals surface area contributed by atoms with E-state index in [1.54, 1.807) is 7.11 Å². The van der Waals surface area contributed by atoms with Gasteiger partial charge in [0.25, 0.3) is 0 Å². The number of ether oxygens (including phenoxy) is 1. The first kappa shape index (κ1) is 14.9. The number of hydrogen-bond acceptors (Lipinski definition) is 4. The van der Waals surface area contributed by atoms with Crippen molar-refractivity contribution in [3.63, 3.8) is 0 Å². The standard InChI is InChI=1S/C13H28N2O2/c1-11(2)14-13(10-16)6-5-12(9-13)15(3)7-8-17-4/h11-12,14,16H,5-10H2,1-4H3. The Labute approximate surface area is 105 Å². The summed E-state index contributed by atoms with van der Waals surface area (Å²) in [6.07, 6.45) is 3.24. The van der Waals surface area contributed by atoms with Gasteiger partial charge in [0.15, 0.2) is 0 Å². The smallest absolute Gasteiger partial charge is 0.0614 e. The van der Waals surface area contributed by atoms with Crippen LogP contribution in [-0.4, -0.2) is 61.5 Å². The van der Waals surface area contributed by atoms with Crippen LogP contribution < -0.4 is 5.32 Å². The van der Waals surface area contributed by atoms with Gasteiger partial charge in [0.05, 0.1) is 13.2 Å². The Morgan fingerprint density at radius 2 is 2.24 bits per heavy atom. The molecule has 4 nitrogen and oxygen atoms in total. The molecule has 0 spiro atoms. The minimum atomic E-state index is -0.0693. The zero-order valence-electron chi connectivity index (χ0n) is 11.7. The molecule has 0 radical (unpaired) electrons. The van der Waals surface area contributed by atoms with Gasteiger partial charge in [0, 0.05) is 31.3 Å². The summed E-state index contributed by atoms with van der Waals surface area (Å²) in [4.78, 5) is 2.35. The van der Waals surface area contributed by atoms with Crippen LogP contribution in [-0.2, 0) is 4.74 Å². The molecule has 0 aromatic heterocycles. The van der Waals surface area contributed by atoms with Gasteiger partial charge in [-0.05, 0) is 26.3 Å². The number of methoxy groups -OCH3 is 1. The van der Waals surface area contributed by atoms with E-state index in [0.717, 1.165) is 32.4 Å². The van der Waals surface area contributed by atoms with Crippen LogP contribution in [0, 0.1) is 0 Å². The van der Waals surface area contributed by atoms with E-state index in [-0.39, 0.29) is 12.1 Å². The predicted molar refractivity (Wildman–Crippen MR) is 70.2 cm³/mol. The van der Waals surface area contributed by atoms with Gasteiger partial charge in [-0.2, -0.15) is 0 Å². The third kappa shape index (κ3) is 4.21. The van der Waals surface area contributed by atoms with Gasteiger partial charge < -0.3 is 20.1 Å². The quantitative estimate of drug-likeness (QED) is 0.697. The first-order valence-electron chi connectivity index (χ1n) is 6.61. The Hall–Kier alpha value is -0.160. The molecule has 2 unspecified atom stereocenters. The molecule has 17 heavy (non-hydrogen) atoms. The molecule has 1 aliphatic carbocycles. The number of rotatable bonds is 7. The first-order valence-corrected chi connectivity index (χ1v) is 6.61. The van der Waals surface area contributed by atoms with E-state index in [0.29, 0.717) is 12.1 Å². The lowest BCUT2D eigenvalue weighted by atomic mass is 9.97. The van der Waals surface area contributed by atoms with Crippen LogP contribution in [0.3, 0.4) is 0 Å². The topological polar surface area (TPSA) is 44.7 Å². The van der Waals surface area contributed by atoms with Crippen LogP contribution in [0.25, 0.3) is 0 Å². The molecule has 0 heterocycles. The lowest BCUT2D eigenvalue weighted by Gasteiger charge is -2.32.